The second kappa shape index (κ2) is 12.5. The van der Waals surface area contributed by atoms with Gasteiger partial charge in [-0.3, -0.25) is 9.59 Å². The van der Waals surface area contributed by atoms with Crippen molar-refractivity contribution in [2.75, 3.05) is 13.2 Å². The molecule has 7 nitrogen and oxygen atoms in total. The number of sulfone groups is 1. The number of carbonyl (C=O) groups is 2. The molecule has 0 spiro atoms. The summed E-state index contributed by atoms with van der Waals surface area (Å²) in [5.74, 6) is -0.294. The Morgan fingerprint density at radius 1 is 1.12 bits per heavy atom. The fraction of sp³-hybridized carbons (Fsp3) is 0.727. The average Bonchev–Trinajstić information content (AvgIpc) is 3.36. The summed E-state index contributed by atoms with van der Waals surface area (Å²) < 4.78 is 37.4. The zero-order valence-corrected chi connectivity index (χ0v) is 20.4. The fourth-order valence-corrected chi connectivity index (χ4v) is 6.81. The number of carbonyl (C=O) groups excluding carboxylic acids is 2. The van der Waals surface area contributed by atoms with Gasteiger partial charge in [0.25, 0.3) is 0 Å². The van der Waals surface area contributed by atoms with Crippen LogP contribution in [0.15, 0.2) is 22.8 Å². The lowest BCUT2D eigenvalue weighted by molar-refractivity contribution is -0.140. The van der Waals surface area contributed by atoms with E-state index in [2.05, 4.69) is 0 Å². The van der Waals surface area contributed by atoms with E-state index in [1.54, 1.807) is 12.1 Å². The van der Waals surface area contributed by atoms with Crippen LogP contribution in [0, 0.1) is 5.92 Å². The third-order valence-electron chi connectivity index (χ3n) is 6.53. The van der Waals surface area contributed by atoms with Gasteiger partial charge >= 0.3 is 0 Å². The molecule has 1 amide bonds. The predicted octanol–water partition coefficient (Wildman–Crippen LogP) is 3.35. The van der Waals surface area contributed by atoms with Crippen LogP contribution < -0.4 is 0 Å². The third kappa shape index (κ3) is 6.33. The van der Waals surface area contributed by atoms with Gasteiger partial charge in [0.2, 0.25) is 5.91 Å². The van der Waals surface area contributed by atoms with E-state index in [0.717, 1.165) is 38.5 Å². The van der Waals surface area contributed by atoms with Gasteiger partial charge in [0.15, 0.2) is 15.6 Å². The van der Waals surface area contributed by atoms with Gasteiger partial charge < -0.3 is 14.1 Å². The molecule has 0 N–H and O–H groups in total. The minimum Gasteiger partial charge on any atom is -0.468 e. The molecule has 0 unspecified atom stereocenters. The minimum absolute atomic E-state index is 0. The highest BCUT2D eigenvalue weighted by molar-refractivity contribution is 7.92. The quantitative estimate of drug-likeness (QED) is 0.586. The molecule has 32 heavy (non-hydrogen) atoms. The maximum atomic E-state index is 13.5. The van der Waals surface area contributed by atoms with Crippen molar-refractivity contribution in [3.05, 3.63) is 24.2 Å². The van der Waals surface area contributed by atoms with Gasteiger partial charge in [-0.05, 0) is 37.3 Å². The number of nitrogens with zero attached hydrogens (tertiary/aromatic N) is 1. The third-order valence-corrected chi connectivity index (χ3v) is 8.48. The molecular formula is C22H37NO6S3. The molecule has 184 valence electrons. The first-order valence-corrected chi connectivity index (χ1v) is 12.4. The van der Waals surface area contributed by atoms with Crippen molar-refractivity contribution in [3.63, 3.8) is 0 Å². The Morgan fingerprint density at radius 3 is 2.50 bits per heavy atom. The number of piperidine rings is 1. The summed E-state index contributed by atoms with van der Waals surface area (Å²) in [4.78, 5) is 27.4. The molecule has 3 fully saturated rings. The standard InChI is InChI=1S/C21H29NO6S.CH4.2H2S/c23-17-13-28-18-9-4-10-22(20(17)18)21(24)19(12-15-6-2-1-3-7-15)29(25,26)14-16-8-5-11-27-16;;;/h5,8,11,15,18-20H,1-4,6-7,9-10,12-14H2;1H4;2*1H2/t18-,19+,20-;;;/m1.../s1. The van der Waals surface area contributed by atoms with E-state index in [4.69, 9.17) is 9.15 Å². The van der Waals surface area contributed by atoms with Crippen LogP contribution in [-0.4, -0.2) is 55.6 Å². The Kier molecular flexibility index (Phi) is 11.3. The Bertz CT molecular complexity index is 836. The van der Waals surface area contributed by atoms with Crippen molar-refractivity contribution in [1.82, 2.24) is 4.90 Å². The van der Waals surface area contributed by atoms with E-state index >= 15 is 0 Å². The van der Waals surface area contributed by atoms with E-state index in [0.29, 0.717) is 25.1 Å². The summed E-state index contributed by atoms with van der Waals surface area (Å²) in [6.07, 6.45) is 8.12. The largest absolute Gasteiger partial charge is 0.468 e. The first kappa shape index (κ1) is 29.1. The zero-order valence-electron chi connectivity index (χ0n) is 17.6. The molecule has 3 aliphatic rings. The van der Waals surface area contributed by atoms with Crippen molar-refractivity contribution in [2.24, 2.45) is 5.92 Å². The van der Waals surface area contributed by atoms with Gasteiger partial charge in [0.05, 0.1) is 12.4 Å². The summed E-state index contributed by atoms with van der Waals surface area (Å²) in [6, 6.07) is 2.63. The average molecular weight is 508 g/mol. The molecule has 1 saturated carbocycles. The van der Waals surface area contributed by atoms with Gasteiger partial charge in [0.1, 0.15) is 29.4 Å². The van der Waals surface area contributed by atoms with Gasteiger partial charge in [-0.15, -0.1) is 0 Å². The number of ketones is 1. The van der Waals surface area contributed by atoms with Crippen LogP contribution in [0.3, 0.4) is 0 Å². The summed E-state index contributed by atoms with van der Waals surface area (Å²) >= 11 is 0. The van der Waals surface area contributed by atoms with Crippen LogP contribution in [0.1, 0.15) is 64.6 Å². The summed E-state index contributed by atoms with van der Waals surface area (Å²) in [6.45, 7) is 0.415. The number of rotatable bonds is 6. The van der Waals surface area contributed by atoms with Crippen molar-refractivity contribution < 1.29 is 27.2 Å². The molecule has 2 saturated heterocycles. The molecule has 1 aromatic rings. The predicted molar refractivity (Wildman–Crippen MR) is 133 cm³/mol. The Morgan fingerprint density at radius 2 is 1.84 bits per heavy atom. The summed E-state index contributed by atoms with van der Waals surface area (Å²) in [5.41, 5.74) is 0. The van der Waals surface area contributed by atoms with Crippen LogP contribution in [0.4, 0.5) is 0 Å². The second-order valence-corrected chi connectivity index (χ2v) is 10.7. The number of Topliss-reactive ketones (excluding diaryl/α,β-unsaturated/α-hetero) is 1. The molecule has 3 atom stereocenters. The molecule has 0 radical (unpaired) electrons. The molecule has 1 aromatic heterocycles. The monoisotopic (exact) mass is 507 g/mol. The zero-order chi connectivity index (χ0) is 20.4. The highest BCUT2D eigenvalue weighted by atomic mass is 32.2. The highest BCUT2D eigenvalue weighted by Crippen LogP contribution is 2.33. The summed E-state index contributed by atoms with van der Waals surface area (Å²) in [7, 11) is -3.78. The van der Waals surface area contributed by atoms with Crippen molar-refractivity contribution >= 4 is 48.5 Å². The second-order valence-electron chi connectivity index (χ2n) is 8.55. The summed E-state index contributed by atoms with van der Waals surface area (Å²) in [5, 5.41) is -1.14. The van der Waals surface area contributed by atoms with Crippen molar-refractivity contribution in [2.45, 2.75) is 81.9 Å². The number of fused-ring (bicyclic) bond motifs is 1. The Hall–Kier alpha value is -0.970. The van der Waals surface area contributed by atoms with Crippen molar-refractivity contribution in [1.29, 1.82) is 0 Å². The number of furan rings is 1. The maximum absolute atomic E-state index is 13.5. The van der Waals surface area contributed by atoms with Gasteiger partial charge in [-0.1, -0.05) is 39.5 Å². The number of hydrogen-bond acceptors (Lipinski definition) is 6. The van der Waals surface area contributed by atoms with Crippen LogP contribution in [0.5, 0.6) is 0 Å². The maximum Gasteiger partial charge on any atom is 0.241 e. The van der Waals surface area contributed by atoms with Gasteiger partial charge in [-0.25, -0.2) is 8.42 Å². The lowest BCUT2D eigenvalue weighted by Gasteiger charge is -2.38. The van der Waals surface area contributed by atoms with E-state index in [1.807, 2.05) is 0 Å². The number of likely N-dealkylation sites (tertiary alicyclic amines) is 1. The molecule has 0 bridgehead atoms. The first-order chi connectivity index (χ1) is 14.0. The van der Waals surface area contributed by atoms with Crippen LogP contribution in [0.25, 0.3) is 0 Å². The van der Waals surface area contributed by atoms with E-state index < -0.39 is 27.0 Å². The van der Waals surface area contributed by atoms with Gasteiger partial charge in [-0.2, -0.15) is 27.0 Å². The minimum atomic E-state index is -3.78. The highest BCUT2D eigenvalue weighted by Gasteiger charge is 2.48. The SMILES string of the molecule is C.O=C1CO[C@@H]2CCCN(C(=O)[C@H](CC3CCCCC3)S(=O)(=O)Cc3ccco3)[C@H]12.S.S. The molecule has 10 heteroatoms. The number of amides is 1. The van der Waals surface area contributed by atoms with Crippen LogP contribution in [0.2, 0.25) is 0 Å². The van der Waals surface area contributed by atoms with E-state index in [-0.39, 0.29) is 64.6 Å². The molecule has 2 aliphatic heterocycles. The molecule has 3 heterocycles. The van der Waals surface area contributed by atoms with Crippen LogP contribution in [-0.2, 0) is 29.9 Å². The Balaban J connectivity index is 0.00000171. The first-order valence-electron chi connectivity index (χ1n) is 10.6. The van der Waals surface area contributed by atoms with E-state index in [1.165, 1.54) is 11.2 Å². The molecule has 4 rings (SSSR count). The van der Waals surface area contributed by atoms with Gasteiger partial charge in [0, 0.05) is 6.54 Å². The normalized spacial score (nSPS) is 24.5. The molecular weight excluding hydrogens is 470 g/mol. The number of hydrogen-bond donors (Lipinski definition) is 0. The smallest absolute Gasteiger partial charge is 0.241 e. The van der Waals surface area contributed by atoms with Crippen molar-refractivity contribution in [3.8, 4) is 0 Å². The molecule has 0 aromatic carbocycles. The topological polar surface area (TPSA) is 93.9 Å². The Labute approximate surface area is 205 Å². The number of ether oxygens (including phenoxy) is 1. The molecule has 1 aliphatic carbocycles. The van der Waals surface area contributed by atoms with Crippen LogP contribution >= 0.6 is 27.0 Å². The lowest BCUT2D eigenvalue weighted by atomic mass is 9.85. The van der Waals surface area contributed by atoms with E-state index in [9.17, 15) is 18.0 Å². The fourth-order valence-electron chi connectivity index (χ4n) is 5.04. The lowest BCUT2D eigenvalue weighted by Crippen LogP contribution is -2.56.